The van der Waals surface area contributed by atoms with Gasteiger partial charge in [-0.25, -0.2) is 0 Å². The van der Waals surface area contributed by atoms with Gasteiger partial charge >= 0.3 is 0 Å². The highest BCUT2D eigenvalue weighted by atomic mass is 35.5. The molecule has 1 radical (unpaired) electrons. The zero-order valence-corrected chi connectivity index (χ0v) is 6.52. The molecule has 0 spiro atoms. The fraction of sp³-hybridized carbons (Fsp3) is 0. The lowest BCUT2D eigenvalue weighted by Gasteiger charge is -1.89. The van der Waals surface area contributed by atoms with Crippen LogP contribution in [0.5, 0.6) is 0 Å². The van der Waals surface area contributed by atoms with Gasteiger partial charge in [-0.05, 0) is 25.1 Å². The van der Waals surface area contributed by atoms with Crippen LogP contribution >= 0.6 is 11.6 Å². The minimum atomic E-state index is 0.709. The van der Waals surface area contributed by atoms with Gasteiger partial charge in [-0.15, -0.1) is 0 Å². The molecular formula is C8H6ClN2. The van der Waals surface area contributed by atoms with E-state index in [1.54, 1.807) is 0 Å². The average Bonchev–Trinajstić information content (AvgIpc) is 2.32. The van der Waals surface area contributed by atoms with Gasteiger partial charge < -0.3 is 0 Å². The molecule has 0 fully saturated rings. The fourth-order valence-corrected chi connectivity index (χ4v) is 1.22. The molecule has 3 heteroatoms. The largest absolute Gasteiger partial charge is 0.277 e. The topological polar surface area (TPSA) is 28.7 Å². The number of H-pyrrole nitrogens is 1. The van der Waals surface area contributed by atoms with Crippen LogP contribution in [0.2, 0.25) is 5.02 Å². The number of aromatic nitrogens is 2. The molecular weight excluding hydrogens is 160 g/mol. The van der Waals surface area contributed by atoms with Crippen molar-refractivity contribution in [1.82, 2.24) is 10.2 Å². The smallest absolute Gasteiger partial charge is 0.0704 e. The van der Waals surface area contributed by atoms with Gasteiger partial charge in [0.2, 0.25) is 0 Å². The van der Waals surface area contributed by atoms with Crippen molar-refractivity contribution < 1.29 is 0 Å². The summed E-state index contributed by atoms with van der Waals surface area (Å²) in [6, 6.07) is 5.57. The molecule has 0 bridgehead atoms. The summed E-state index contributed by atoms with van der Waals surface area (Å²) in [5.41, 5.74) is 1.69. The SMILES string of the molecule is [CH2]c1n[nH]c2cc(Cl)ccc12. The third-order valence-electron chi connectivity index (χ3n) is 1.60. The first-order valence-electron chi connectivity index (χ1n) is 3.23. The van der Waals surface area contributed by atoms with Gasteiger partial charge in [-0.2, -0.15) is 5.10 Å². The second kappa shape index (κ2) is 2.24. The van der Waals surface area contributed by atoms with Gasteiger partial charge in [0.05, 0.1) is 11.2 Å². The number of hydrogen-bond donors (Lipinski definition) is 1. The quantitative estimate of drug-likeness (QED) is 0.638. The fourth-order valence-electron chi connectivity index (χ4n) is 1.05. The maximum Gasteiger partial charge on any atom is 0.0704 e. The zero-order valence-electron chi connectivity index (χ0n) is 5.76. The molecule has 2 aromatic rings. The van der Waals surface area contributed by atoms with Crippen LogP contribution in [0.1, 0.15) is 5.69 Å². The Morgan fingerprint density at radius 3 is 3.09 bits per heavy atom. The van der Waals surface area contributed by atoms with Crippen LogP contribution in [0.3, 0.4) is 0 Å². The predicted octanol–water partition coefficient (Wildman–Crippen LogP) is 2.40. The van der Waals surface area contributed by atoms with Crippen molar-refractivity contribution >= 4 is 22.5 Å². The molecule has 0 atom stereocenters. The molecule has 0 aliphatic rings. The summed E-state index contributed by atoms with van der Waals surface area (Å²) in [6.07, 6.45) is 0. The van der Waals surface area contributed by atoms with Crippen LogP contribution < -0.4 is 0 Å². The summed E-state index contributed by atoms with van der Waals surface area (Å²) >= 11 is 5.76. The Morgan fingerprint density at radius 1 is 1.45 bits per heavy atom. The van der Waals surface area contributed by atoms with Crippen molar-refractivity contribution in [3.8, 4) is 0 Å². The number of halogens is 1. The second-order valence-electron chi connectivity index (χ2n) is 2.36. The van der Waals surface area contributed by atoms with Gasteiger partial charge in [0.15, 0.2) is 0 Å². The van der Waals surface area contributed by atoms with Crippen molar-refractivity contribution in [3.63, 3.8) is 0 Å². The highest BCUT2D eigenvalue weighted by Gasteiger charge is 1.99. The van der Waals surface area contributed by atoms with Gasteiger partial charge in [-0.1, -0.05) is 11.6 Å². The maximum absolute atomic E-state index is 5.76. The van der Waals surface area contributed by atoms with E-state index in [9.17, 15) is 0 Å². The van der Waals surface area contributed by atoms with Crippen LogP contribution in [-0.2, 0) is 0 Å². The molecule has 0 aliphatic carbocycles. The number of fused-ring (bicyclic) bond motifs is 1. The van der Waals surface area contributed by atoms with E-state index in [0.29, 0.717) is 5.02 Å². The third kappa shape index (κ3) is 0.994. The summed E-state index contributed by atoms with van der Waals surface area (Å²) < 4.78 is 0. The van der Waals surface area contributed by atoms with Crippen molar-refractivity contribution in [2.45, 2.75) is 0 Å². The lowest BCUT2D eigenvalue weighted by Crippen LogP contribution is -1.68. The molecule has 2 nitrogen and oxygen atoms in total. The average molecular weight is 166 g/mol. The summed E-state index contributed by atoms with van der Waals surface area (Å²) in [4.78, 5) is 0. The van der Waals surface area contributed by atoms with E-state index in [4.69, 9.17) is 11.6 Å². The Labute approximate surface area is 69.2 Å². The second-order valence-corrected chi connectivity index (χ2v) is 2.80. The van der Waals surface area contributed by atoms with Crippen LogP contribution in [0.25, 0.3) is 10.9 Å². The van der Waals surface area contributed by atoms with Gasteiger partial charge in [0.1, 0.15) is 0 Å². The molecule has 0 saturated carbocycles. The summed E-state index contributed by atoms with van der Waals surface area (Å²) in [5, 5.41) is 8.51. The van der Waals surface area contributed by atoms with E-state index in [1.807, 2.05) is 18.2 Å². The molecule has 0 aliphatic heterocycles. The van der Waals surface area contributed by atoms with Crippen molar-refractivity contribution in [3.05, 3.63) is 35.8 Å². The van der Waals surface area contributed by atoms with Gasteiger partial charge in [-0.3, -0.25) is 5.10 Å². The standard InChI is InChI=1S/C8H6ClN2/c1-5-7-3-2-6(9)4-8(7)11-10-5/h2-4H,1H2,(H,10,11). The molecule has 0 amide bonds. The van der Waals surface area contributed by atoms with Crippen molar-refractivity contribution in [2.75, 3.05) is 0 Å². The maximum atomic E-state index is 5.76. The van der Waals surface area contributed by atoms with E-state index < -0.39 is 0 Å². The lowest BCUT2D eigenvalue weighted by molar-refractivity contribution is 1.09. The van der Waals surface area contributed by atoms with Crippen LogP contribution in [-0.4, -0.2) is 10.2 Å². The molecule has 11 heavy (non-hydrogen) atoms. The first kappa shape index (κ1) is 6.68. The molecule has 1 N–H and O–H groups in total. The number of aromatic amines is 1. The van der Waals surface area contributed by atoms with E-state index in [0.717, 1.165) is 16.6 Å². The van der Waals surface area contributed by atoms with E-state index in [1.165, 1.54) is 0 Å². The number of hydrogen-bond acceptors (Lipinski definition) is 1. The first-order valence-corrected chi connectivity index (χ1v) is 3.61. The summed E-state index contributed by atoms with van der Waals surface area (Å²) in [6.45, 7) is 3.75. The number of nitrogens with one attached hydrogen (secondary N) is 1. The minimum Gasteiger partial charge on any atom is -0.277 e. The van der Waals surface area contributed by atoms with Gasteiger partial charge in [0, 0.05) is 10.4 Å². The Kier molecular flexibility index (Phi) is 1.36. The number of nitrogens with zero attached hydrogens (tertiary/aromatic N) is 1. The Hall–Kier alpha value is -1.02. The molecule has 0 unspecified atom stereocenters. The predicted molar refractivity (Wildman–Crippen MR) is 45.6 cm³/mol. The monoisotopic (exact) mass is 165 g/mol. The van der Waals surface area contributed by atoms with Crippen LogP contribution in [0, 0.1) is 6.92 Å². The lowest BCUT2D eigenvalue weighted by atomic mass is 10.2. The Bertz CT molecular complexity index is 392. The van der Waals surface area contributed by atoms with E-state index in [2.05, 4.69) is 17.1 Å². The first-order chi connectivity index (χ1) is 5.27. The third-order valence-corrected chi connectivity index (χ3v) is 1.84. The molecule has 2 rings (SSSR count). The summed E-state index contributed by atoms with van der Waals surface area (Å²) in [7, 11) is 0. The van der Waals surface area contributed by atoms with E-state index in [-0.39, 0.29) is 0 Å². The van der Waals surface area contributed by atoms with E-state index >= 15 is 0 Å². The van der Waals surface area contributed by atoms with Gasteiger partial charge in [0.25, 0.3) is 0 Å². The van der Waals surface area contributed by atoms with Crippen molar-refractivity contribution in [2.24, 2.45) is 0 Å². The highest BCUT2D eigenvalue weighted by Crippen LogP contribution is 2.18. The minimum absolute atomic E-state index is 0.709. The molecule has 1 aromatic heterocycles. The molecule has 55 valence electrons. The van der Waals surface area contributed by atoms with Crippen molar-refractivity contribution in [1.29, 1.82) is 0 Å². The molecule has 1 aromatic carbocycles. The van der Waals surface area contributed by atoms with Crippen LogP contribution in [0.4, 0.5) is 0 Å². The molecule has 1 heterocycles. The Balaban J connectivity index is 2.86. The zero-order chi connectivity index (χ0) is 7.84. The normalized spacial score (nSPS) is 10.7. The number of benzene rings is 1. The highest BCUT2D eigenvalue weighted by molar-refractivity contribution is 6.31. The van der Waals surface area contributed by atoms with Crippen LogP contribution in [0.15, 0.2) is 18.2 Å². The summed E-state index contributed by atoms with van der Waals surface area (Å²) in [5.74, 6) is 0. The Morgan fingerprint density at radius 2 is 2.27 bits per heavy atom. The molecule has 0 saturated heterocycles. The number of rotatable bonds is 0.